The van der Waals surface area contributed by atoms with Crippen LogP contribution in [0.1, 0.15) is 20.3 Å². The van der Waals surface area contributed by atoms with Gasteiger partial charge in [-0.1, -0.05) is 0 Å². The van der Waals surface area contributed by atoms with Crippen LogP contribution >= 0.6 is 0 Å². The maximum Gasteiger partial charge on any atom is 0.323 e. The average molecular weight is 275 g/mol. The van der Waals surface area contributed by atoms with Crippen molar-refractivity contribution in [1.82, 2.24) is 4.90 Å². The first kappa shape index (κ1) is 17.4. The molecule has 19 heavy (non-hydrogen) atoms. The van der Waals surface area contributed by atoms with Crippen LogP contribution in [0.5, 0.6) is 0 Å². The Morgan fingerprint density at radius 3 is 2.11 bits per heavy atom. The third kappa shape index (κ3) is 6.76. The Labute approximate surface area is 112 Å². The molecule has 0 radical (unpaired) electrons. The van der Waals surface area contributed by atoms with Gasteiger partial charge in [0.1, 0.15) is 6.04 Å². The summed E-state index contributed by atoms with van der Waals surface area (Å²) in [6.45, 7) is 3.66. The summed E-state index contributed by atoms with van der Waals surface area (Å²) in [6.07, 6.45) is -0.167. The SMILES string of the molecule is CCOC(=O)CC(C(=O)OCC)N(C)CC(=O)OC. The van der Waals surface area contributed by atoms with Crippen molar-refractivity contribution in [2.24, 2.45) is 0 Å². The highest BCUT2D eigenvalue weighted by atomic mass is 16.5. The number of likely N-dealkylation sites (N-methyl/N-ethyl adjacent to an activating group) is 1. The maximum absolute atomic E-state index is 11.8. The first-order valence-corrected chi connectivity index (χ1v) is 6.05. The van der Waals surface area contributed by atoms with Gasteiger partial charge in [0.05, 0.1) is 33.3 Å². The summed E-state index contributed by atoms with van der Waals surface area (Å²) in [5.74, 6) is -1.58. The lowest BCUT2D eigenvalue weighted by molar-refractivity contribution is -0.157. The molecular weight excluding hydrogens is 254 g/mol. The van der Waals surface area contributed by atoms with Gasteiger partial charge in [0.2, 0.25) is 0 Å². The monoisotopic (exact) mass is 275 g/mol. The molecule has 110 valence electrons. The van der Waals surface area contributed by atoms with Crippen molar-refractivity contribution in [3.8, 4) is 0 Å². The largest absolute Gasteiger partial charge is 0.468 e. The number of hydrogen-bond donors (Lipinski definition) is 0. The molecule has 0 aromatic heterocycles. The van der Waals surface area contributed by atoms with Crippen LogP contribution < -0.4 is 0 Å². The van der Waals surface area contributed by atoms with Gasteiger partial charge in [-0.25, -0.2) is 0 Å². The first-order valence-electron chi connectivity index (χ1n) is 6.05. The fraction of sp³-hybridized carbons (Fsp3) is 0.750. The Morgan fingerprint density at radius 2 is 1.63 bits per heavy atom. The second-order valence-corrected chi connectivity index (χ2v) is 3.77. The highest BCUT2D eigenvalue weighted by Crippen LogP contribution is 2.07. The summed E-state index contributed by atoms with van der Waals surface area (Å²) in [6, 6.07) is -0.863. The average Bonchev–Trinajstić information content (AvgIpc) is 2.36. The topological polar surface area (TPSA) is 82.1 Å². The number of methoxy groups -OCH3 is 1. The van der Waals surface area contributed by atoms with Crippen LogP contribution in [-0.4, -0.2) is 62.8 Å². The molecule has 1 atom stereocenters. The van der Waals surface area contributed by atoms with Crippen molar-refractivity contribution in [3.05, 3.63) is 0 Å². The molecule has 0 amide bonds. The summed E-state index contributed by atoms with van der Waals surface area (Å²) in [5, 5.41) is 0. The summed E-state index contributed by atoms with van der Waals surface area (Å²) < 4.78 is 14.2. The Kier molecular flexibility index (Phi) is 8.52. The summed E-state index contributed by atoms with van der Waals surface area (Å²) >= 11 is 0. The molecule has 0 aliphatic heterocycles. The van der Waals surface area contributed by atoms with E-state index in [1.165, 1.54) is 19.1 Å². The first-order chi connectivity index (χ1) is 8.96. The summed E-state index contributed by atoms with van der Waals surface area (Å²) in [4.78, 5) is 35.8. The quantitative estimate of drug-likeness (QED) is 0.454. The molecule has 7 nitrogen and oxygen atoms in total. The standard InChI is InChI=1S/C12H21NO6/c1-5-18-10(14)7-9(12(16)19-6-2)13(3)8-11(15)17-4/h9H,5-8H2,1-4H3. The molecule has 0 saturated heterocycles. The van der Waals surface area contributed by atoms with Gasteiger partial charge in [-0.3, -0.25) is 19.3 Å². The lowest BCUT2D eigenvalue weighted by Crippen LogP contribution is -2.44. The minimum atomic E-state index is -0.863. The van der Waals surface area contributed by atoms with Gasteiger partial charge in [0.25, 0.3) is 0 Å². The van der Waals surface area contributed by atoms with E-state index in [9.17, 15) is 14.4 Å². The lowest BCUT2D eigenvalue weighted by atomic mass is 10.2. The van der Waals surface area contributed by atoms with Gasteiger partial charge in [-0.15, -0.1) is 0 Å². The summed E-state index contributed by atoms with van der Waals surface area (Å²) in [7, 11) is 2.79. The lowest BCUT2D eigenvalue weighted by Gasteiger charge is -2.24. The predicted octanol–water partition coefficient (Wildman–Crippen LogP) is -0.0239. The third-order valence-electron chi connectivity index (χ3n) is 2.36. The van der Waals surface area contributed by atoms with Crippen LogP contribution in [0.3, 0.4) is 0 Å². The van der Waals surface area contributed by atoms with Gasteiger partial charge < -0.3 is 14.2 Å². The number of hydrogen-bond acceptors (Lipinski definition) is 7. The molecule has 1 unspecified atom stereocenters. The van der Waals surface area contributed by atoms with Gasteiger partial charge in [0.15, 0.2) is 0 Å². The molecule has 7 heteroatoms. The zero-order chi connectivity index (χ0) is 14.8. The van der Waals surface area contributed by atoms with Gasteiger partial charge in [0, 0.05) is 0 Å². The second-order valence-electron chi connectivity index (χ2n) is 3.77. The smallest absolute Gasteiger partial charge is 0.323 e. The number of nitrogens with zero attached hydrogens (tertiary/aromatic N) is 1. The Balaban J connectivity index is 4.69. The summed E-state index contributed by atoms with van der Waals surface area (Å²) in [5.41, 5.74) is 0. The molecule has 0 heterocycles. The number of carbonyl (C=O) groups is 3. The zero-order valence-corrected chi connectivity index (χ0v) is 11.8. The van der Waals surface area contributed by atoms with Crippen molar-refractivity contribution in [3.63, 3.8) is 0 Å². The fourth-order valence-corrected chi connectivity index (χ4v) is 1.41. The van der Waals surface area contributed by atoms with E-state index in [1.807, 2.05) is 0 Å². The molecule has 0 aromatic rings. The fourth-order valence-electron chi connectivity index (χ4n) is 1.41. The number of ether oxygens (including phenoxy) is 3. The van der Waals surface area contributed by atoms with Crippen molar-refractivity contribution in [2.75, 3.05) is 33.9 Å². The number of carbonyl (C=O) groups excluding carboxylic acids is 3. The van der Waals surface area contributed by atoms with E-state index in [2.05, 4.69) is 4.74 Å². The molecule has 0 aliphatic carbocycles. The Morgan fingerprint density at radius 1 is 1.05 bits per heavy atom. The maximum atomic E-state index is 11.8. The number of rotatable bonds is 8. The van der Waals surface area contributed by atoms with Gasteiger partial charge in [-0.05, 0) is 20.9 Å². The molecular formula is C12H21NO6. The van der Waals surface area contributed by atoms with E-state index < -0.39 is 23.9 Å². The highest BCUT2D eigenvalue weighted by molar-refractivity contribution is 5.83. The normalized spacial score (nSPS) is 11.8. The van der Waals surface area contributed by atoms with E-state index in [-0.39, 0.29) is 26.2 Å². The molecule has 0 aromatic carbocycles. The van der Waals surface area contributed by atoms with Gasteiger partial charge in [-0.2, -0.15) is 0 Å². The molecule has 0 aliphatic rings. The van der Waals surface area contributed by atoms with E-state index >= 15 is 0 Å². The minimum Gasteiger partial charge on any atom is -0.468 e. The highest BCUT2D eigenvalue weighted by Gasteiger charge is 2.29. The molecule has 0 saturated carbocycles. The molecule has 0 spiro atoms. The molecule has 0 rings (SSSR count). The van der Waals surface area contributed by atoms with Crippen LogP contribution in [0.2, 0.25) is 0 Å². The van der Waals surface area contributed by atoms with Gasteiger partial charge >= 0.3 is 17.9 Å². The minimum absolute atomic E-state index is 0.112. The van der Waals surface area contributed by atoms with E-state index in [0.717, 1.165) is 0 Å². The van der Waals surface area contributed by atoms with Crippen molar-refractivity contribution >= 4 is 17.9 Å². The van der Waals surface area contributed by atoms with Crippen LogP contribution in [0.15, 0.2) is 0 Å². The Bertz CT molecular complexity index is 317. The molecule has 0 N–H and O–H groups in total. The Hall–Kier alpha value is -1.63. The molecule has 0 fully saturated rings. The van der Waals surface area contributed by atoms with Crippen molar-refractivity contribution in [1.29, 1.82) is 0 Å². The van der Waals surface area contributed by atoms with Crippen LogP contribution in [-0.2, 0) is 28.6 Å². The van der Waals surface area contributed by atoms with E-state index in [1.54, 1.807) is 13.8 Å². The third-order valence-corrected chi connectivity index (χ3v) is 2.36. The van der Waals surface area contributed by atoms with Crippen molar-refractivity contribution in [2.45, 2.75) is 26.3 Å². The van der Waals surface area contributed by atoms with Crippen LogP contribution in [0.25, 0.3) is 0 Å². The van der Waals surface area contributed by atoms with Crippen LogP contribution in [0.4, 0.5) is 0 Å². The van der Waals surface area contributed by atoms with Crippen molar-refractivity contribution < 1.29 is 28.6 Å². The van der Waals surface area contributed by atoms with Crippen LogP contribution in [0, 0.1) is 0 Å². The molecule has 0 bridgehead atoms. The number of esters is 3. The zero-order valence-electron chi connectivity index (χ0n) is 11.8. The van der Waals surface area contributed by atoms with E-state index in [4.69, 9.17) is 9.47 Å². The second kappa shape index (κ2) is 9.32. The predicted molar refractivity (Wildman–Crippen MR) is 66.3 cm³/mol. The van der Waals surface area contributed by atoms with E-state index in [0.29, 0.717) is 0 Å².